The van der Waals surface area contributed by atoms with Gasteiger partial charge in [0.2, 0.25) is 0 Å². The molecular formula is C33H38N4O8. The number of benzene rings is 3. The van der Waals surface area contributed by atoms with Crippen LogP contribution in [0.5, 0.6) is 0 Å². The van der Waals surface area contributed by atoms with Gasteiger partial charge in [-0.1, -0.05) is 36.4 Å². The molecule has 2 heterocycles. The molecule has 5 rings (SSSR count). The second kappa shape index (κ2) is 14.6. The number of carbonyl (C=O) groups excluding carboxylic acids is 2. The first kappa shape index (κ1) is 32.0. The van der Waals surface area contributed by atoms with E-state index in [0.717, 1.165) is 48.6 Å². The van der Waals surface area contributed by atoms with Crippen LogP contribution in [0, 0.1) is 10.1 Å². The van der Waals surface area contributed by atoms with Crippen LogP contribution >= 0.6 is 0 Å². The first-order valence-electron chi connectivity index (χ1n) is 15.0. The average Bonchev–Trinajstić information content (AvgIpc) is 3.05. The van der Waals surface area contributed by atoms with Crippen molar-refractivity contribution in [3.8, 4) is 0 Å². The van der Waals surface area contributed by atoms with E-state index in [0.29, 0.717) is 18.7 Å². The van der Waals surface area contributed by atoms with Crippen LogP contribution in [0.4, 0.5) is 17.1 Å². The molecule has 2 aliphatic rings. The summed E-state index contributed by atoms with van der Waals surface area (Å²) in [5.41, 5.74) is 4.09. The number of piperazine rings is 1. The number of amides is 1. The van der Waals surface area contributed by atoms with Crippen LogP contribution < -0.4 is 10.2 Å². The Morgan fingerprint density at radius 2 is 1.73 bits per heavy atom. The number of non-ortho nitro benzene ring substituents is 1. The molecule has 2 fully saturated rings. The van der Waals surface area contributed by atoms with Gasteiger partial charge in [0, 0.05) is 75.1 Å². The Hall–Kier alpha value is -4.36. The summed E-state index contributed by atoms with van der Waals surface area (Å²) < 4.78 is 18.0. The molecular weight excluding hydrogens is 580 g/mol. The van der Waals surface area contributed by atoms with Gasteiger partial charge in [-0.15, -0.1) is 0 Å². The lowest BCUT2D eigenvalue weighted by Gasteiger charge is -2.41. The van der Waals surface area contributed by atoms with Crippen LogP contribution in [0.1, 0.15) is 49.4 Å². The minimum absolute atomic E-state index is 0.0411. The summed E-state index contributed by atoms with van der Waals surface area (Å²) in [4.78, 5) is 39.0. The second-order valence-electron chi connectivity index (χ2n) is 11.3. The Morgan fingerprint density at radius 1 is 1.02 bits per heavy atom. The first-order valence-corrected chi connectivity index (χ1v) is 15.0. The fraction of sp³-hybridized carbons (Fsp3) is 0.394. The SMILES string of the molecule is CC(=O)OC(C)C(=O)Nc1cccc(C2OC(CN3CCN(c4ccc([N+](=O)[O-])cc4)CC3)CC(c3ccc(CO)cc3)O2)c1. The first-order chi connectivity index (χ1) is 21.7. The minimum Gasteiger partial charge on any atom is -0.453 e. The lowest BCUT2D eigenvalue weighted by molar-refractivity contribution is -0.384. The summed E-state index contributed by atoms with van der Waals surface area (Å²) in [5, 5.41) is 23.3. The Labute approximate surface area is 261 Å². The molecule has 0 spiro atoms. The highest BCUT2D eigenvalue weighted by Gasteiger charge is 2.34. The molecule has 0 aliphatic carbocycles. The largest absolute Gasteiger partial charge is 0.453 e. The van der Waals surface area contributed by atoms with E-state index in [2.05, 4.69) is 15.1 Å². The summed E-state index contributed by atoms with van der Waals surface area (Å²) in [6.45, 7) is 6.59. The number of carbonyl (C=O) groups is 2. The number of rotatable bonds is 10. The molecule has 0 saturated carbocycles. The molecule has 2 aliphatic heterocycles. The zero-order valence-corrected chi connectivity index (χ0v) is 25.3. The van der Waals surface area contributed by atoms with Crippen molar-refractivity contribution in [3.63, 3.8) is 0 Å². The summed E-state index contributed by atoms with van der Waals surface area (Å²) in [5.74, 6) is -0.979. The number of ether oxygens (including phenoxy) is 3. The highest BCUT2D eigenvalue weighted by Crippen LogP contribution is 2.39. The van der Waals surface area contributed by atoms with Gasteiger partial charge in [0.15, 0.2) is 12.4 Å². The number of esters is 1. The molecule has 45 heavy (non-hydrogen) atoms. The van der Waals surface area contributed by atoms with Crippen LogP contribution in [0.15, 0.2) is 72.8 Å². The predicted octanol–water partition coefficient (Wildman–Crippen LogP) is 4.34. The maximum atomic E-state index is 12.5. The fourth-order valence-corrected chi connectivity index (χ4v) is 5.60. The van der Waals surface area contributed by atoms with E-state index in [1.165, 1.54) is 26.0 Å². The monoisotopic (exact) mass is 618 g/mol. The smallest absolute Gasteiger partial charge is 0.303 e. The Morgan fingerprint density at radius 3 is 2.38 bits per heavy atom. The van der Waals surface area contributed by atoms with Gasteiger partial charge in [-0.05, 0) is 42.3 Å². The lowest BCUT2D eigenvalue weighted by atomic mass is 9.99. The van der Waals surface area contributed by atoms with Gasteiger partial charge in [0.25, 0.3) is 11.6 Å². The van der Waals surface area contributed by atoms with Crippen LogP contribution in [-0.2, 0) is 30.4 Å². The van der Waals surface area contributed by atoms with E-state index in [1.807, 2.05) is 30.3 Å². The highest BCUT2D eigenvalue weighted by atomic mass is 16.7. The molecule has 3 aromatic carbocycles. The number of hydrogen-bond acceptors (Lipinski definition) is 10. The molecule has 3 aromatic rings. The Kier molecular flexibility index (Phi) is 10.4. The molecule has 12 nitrogen and oxygen atoms in total. The second-order valence-corrected chi connectivity index (χ2v) is 11.3. The van der Waals surface area contributed by atoms with Crippen LogP contribution in [-0.4, -0.2) is 71.7 Å². The van der Waals surface area contributed by atoms with E-state index in [9.17, 15) is 24.8 Å². The number of nitro groups is 1. The molecule has 4 unspecified atom stereocenters. The number of nitrogens with zero attached hydrogens (tertiary/aromatic N) is 3. The molecule has 1 amide bonds. The number of aliphatic hydroxyl groups excluding tert-OH is 1. The van der Waals surface area contributed by atoms with Crippen molar-refractivity contribution in [2.45, 2.75) is 51.5 Å². The average molecular weight is 619 g/mol. The van der Waals surface area contributed by atoms with Gasteiger partial charge in [-0.2, -0.15) is 0 Å². The Bertz CT molecular complexity index is 1470. The molecule has 238 valence electrons. The van der Waals surface area contributed by atoms with Crippen molar-refractivity contribution in [1.82, 2.24) is 4.90 Å². The van der Waals surface area contributed by atoms with Gasteiger partial charge >= 0.3 is 5.97 Å². The number of nitrogens with one attached hydrogen (secondary N) is 1. The summed E-state index contributed by atoms with van der Waals surface area (Å²) in [7, 11) is 0. The van der Waals surface area contributed by atoms with Gasteiger partial charge < -0.3 is 29.5 Å². The van der Waals surface area contributed by atoms with Gasteiger partial charge in [0.1, 0.15) is 0 Å². The summed E-state index contributed by atoms with van der Waals surface area (Å²) in [6.07, 6.45) is -1.42. The van der Waals surface area contributed by atoms with E-state index in [4.69, 9.17) is 14.2 Å². The third-order valence-corrected chi connectivity index (χ3v) is 8.01. The Balaban J connectivity index is 1.27. The molecule has 0 bridgehead atoms. The van der Waals surface area contributed by atoms with Crippen molar-refractivity contribution in [3.05, 3.63) is 99.6 Å². The quantitative estimate of drug-likeness (QED) is 0.191. The summed E-state index contributed by atoms with van der Waals surface area (Å²) >= 11 is 0. The molecule has 4 atom stereocenters. The van der Waals surface area contributed by atoms with E-state index in [-0.39, 0.29) is 24.5 Å². The molecule has 2 saturated heterocycles. The van der Waals surface area contributed by atoms with Crippen molar-refractivity contribution in [1.29, 1.82) is 0 Å². The third-order valence-electron chi connectivity index (χ3n) is 8.01. The zero-order valence-electron chi connectivity index (χ0n) is 25.3. The molecule has 0 aromatic heterocycles. The number of aliphatic hydroxyl groups is 1. The van der Waals surface area contributed by atoms with Gasteiger partial charge in [0.05, 0.1) is 23.7 Å². The van der Waals surface area contributed by atoms with Crippen molar-refractivity contribution in [2.24, 2.45) is 0 Å². The maximum absolute atomic E-state index is 12.5. The number of hydrogen-bond donors (Lipinski definition) is 2. The van der Waals surface area contributed by atoms with Gasteiger partial charge in [-0.3, -0.25) is 24.6 Å². The predicted molar refractivity (Wildman–Crippen MR) is 166 cm³/mol. The van der Waals surface area contributed by atoms with E-state index >= 15 is 0 Å². The van der Waals surface area contributed by atoms with Gasteiger partial charge in [-0.25, -0.2) is 0 Å². The van der Waals surface area contributed by atoms with Crippen molar-refractivity contribution < 1.29 is 33.8 Å². The summed E-state index contributed by atoms with van der Waals surface area (Å²) in [6, 6.07) is 21.6. The number of nitro benzene ring substituents is 1. The van der Waals surface area contributed by atoms with Crippen molar-refractivity contribution >= 4 is 28.9 Å². The minimum atomic E-state index is -0.940. The van der Waals surface area contributed by atoms with E-state index in [1.54, 1.807) is 30.3 Å². The van der Waals surface area contributed by atoms with Crippen LogP contribution in [0.2, 0.25) is 0 Å². The molecule has 12 heteroatoms. The topological polar surface area (TPSA) is 144 Å². The normalized spacial score (nSPS) is 21.1. The molecule has 2 N–H and O–H groups in total. The zero-order chi connectivity index (χ0) is 31.9. The van der Waals surface area contributed by atoms with Crippen LogP contribution in [0.3, 0.4) is 0 Å². The van der Waals surface area contributed by atoms with Crippen molar-refractivity contribution in [2.75, 3.05) is 42.9 Å². The lowest BCUT2D eigenvalue weighted by Crippen LogP contribution is -2.49. The highest BCUT2D eigenvalue weighted by molar-refractivity contribution is 5.95. The fourth-order valence-electron chi connectivity index (χ4n) is 5.60. The van der Waals surface area contributed by atoms with E-state index < -0.39 is 29.2 Å². The van der Waals surface area contributed by atoms with Crippen LogP contribution in [0.25, 0.3) is 0 Å². The maximum Gasteiger partial charge on any atom is 0.303 e. The standard InChI is InChI=1S/C33H38N4O8/c1-22(43-23(2)39)32(40)34-27-5-3-4-26(18-27)33-44-30(19-31(45-33)25-8-6-24(21-38)7-9-25)20-35-14-16-36(17-15-35)28-10-12-29(13-11-28)37(41)42/h3-13,18,22,30-31,33,38H,14-17,19-21H2,1-2H3,(H,34,40). The molecule has 0 radical (unpaired) electrons. The number of anilines is 2. The third kappa shape index (κ3) is 8.43.